The standard InChI is InChI=1S/C19H31NO/c1-3-7-18-8-5-10-19(16-18)21-15-6-9-17-11-13-20(4-2)14-12-17/h5,8,10,16-17H,3-4,6-7,9,11-15H2,1-2H3. The van der Waals surface area contributed by atoms with Crippen molar-refractivity contribution in [2.45, 2.75) is 52.4 Å². The molecule has 1 aromatic carbocycles. The van der Waals surface area contributed by atoms with Gasteiger partial charge in [0, 0.05) is 0 Å². The van der Waals surface area contributed by atoms with Crippen LogP contribution in [0.3, 0.4) is 0 Å². The molecule has 0 aromatic heterocycles. The fourth-order valence-electron chi connectivity index (χ4n) is 3.23. The number of aryl methyl sites for hydroxylation is 1. The summed E-state index contributed by atoms with van der Waals surface area (Å²) in [6.07, 6.45) is 7.60. The molecule has 0 unspecified atom stereocenters. The van der Waals surface area contributed by atoms with E-state index < -0.39 is 0 Å². The van der Waals surface area contributed by atoms with Gasteiger partial charge in [-0.25, -0.2) is 0 Å². The summed E-state index contributed by atoms with van der Waals surface area (Å²) >= 11 is 0. The lowest BCUT2D eigenvalue weighted by molar-refractivity contribution is 0.179. The molecule has 0 spiro atoms. The van der Waals surface area contributed by atoms with Crippen LogP contribution in [0.2, 0.25) is 0 Å². The van der Waals surface area contributed by atoms with Crippen LogP contribution >= 0.6 is 0 Å². The minimum Gasteiger partial charge on any atom is -0.494 e. The number of hydrogen-bond donors (Lipinski definition) is 0. The van der Waals surface area contributed by atoms with E-state index in [0.717, 1.165) is 24.7 Å². The van der Waals surface area contributed by atoms with Crippen LogP contribution in [0.25, 0.3) is 0 Å². The van der Waals surface area contributed by atoms with Gasteiger partial charge in [-0.3, -0.25) is 0 Å². The van der Waals surface area contributed by atoms with Crippen molar-refractivity contribution in [3.63, 3.8) is 0 Å². The van der Waals surface area contributed by atoms with Gasteiger partial charge in [0.2, 0.25) is 0 Å². The zero-order valence-electron chi connectivity index (χ0n) is 13.8. The Morgan fingerprint density at radius 2 is 2.00 bits per heavy atom. The molecule has 1 heterocycles. The average molecular weight is 289 g/mol. The molecule has 1 aliphatic rings. The molecule has 0 radical (unpaired) electrons. The molecule has 0 bridgehead atoms. The highest BCUT2D eigenvalue weighted by molar-refractivity contribution is 5.28. The third kappa shape index (κ3) is 5.70. The smallest absolute Gasteiger partial charge is 0.119 e. The molecule has 21 heavy (non-hydrogen) atoms. The van der Waals surface area contributed by atoms with Gasteiger partial charge in [-0.15, -0.1) is 0 Å². The maximum absolute atomic E-state index is 5.92. The highest BCUT2D eigenvalue weighted by atomic mass is 16.5. The molecule has 0 amide bonds. The molecular weight excluding hydrogens is 258 g/mol. The summed E-state index contributed by atoms with van der Waals surface area (Å²) < 4.78 is 5.92. The Morgan fingerprint density at radius 1 is 1.19 bits per heavy atom. The maximum Gasteiger partial charge on any atom is 0.119 e. The van der Waals surface area contributed by atoms with Crippen molar-refractivity contribution in [2.24, 2.45) is 5.92 Å². The molecule has 1 aromatic rings. The van der Waals surface area contributed by atoms with Gasteiger partial charge in [-0.1, -0.05) is 32.4 Å². The minimum atomic E-state index is 0.865. The van der Waals surface area contributed by atoms with E-state index in [2.05, 4.69) is 43.0 Å². The predicted molar refractivity (Wildman–Crippen MR) is 90.0 cm³/mol. The zero-order valence-corrected chi connectivity index (χ0v) is 13.8. The van der Waals surface area contributed by atoms with E-state index in [9.17, 15) is 0 Å². The van der Waals surface area contributed by atoms with E-state index in [1.165, 1.54) is 57.3 Å². The molecular formula is C19H31NO. The molecule has 2 rings (SSSR count). The quantitative estimate of drug-likeness (QED) is 0.652. The first kappa shape index (κ1) is 16.4. The first-order valence-electron chi connectivity index (χ1n) is 8.76. The van der Waals surface area contributed by atoms with Crippen LogP contribution in [0.15, 0.2) is 24.3 Å². The van der Waals surface area contributed by atoms with Crippen LogP contribution in [0.1, 0.15) is 51.5 Å². The lowest BCUT2D eigenvalue weighted by atomic mass is 9.92. The molecule has 2 nitrogen and oxygen atoms in total. The Balaban J connectivity index is 1.62. The third-order valence-electron chi connectivity index (χ3n) is 4.62. The van der Waals surface area contributed by atoms with Crippen LogP contribution < -0.4 is 4.74 Å². The SMILES string of the molecule is CCCc1cccc(OCCCC2CCN(CC)CC2)c1. The number of ether oxygens (including phenoxy) is 1. The number of piperidine rings is 1. The number of hydrogen-bond acceptors (Lipinski definition) is 2. The minimum absolute atomic E-state index is 0.865. The molecule has 1 aliphatic heterocycles. The van der Waals surface area contributed by atoms with E-state index in [1.807, 2.05) is 0 Å². The summed E-state index contributed by atoms with van der Waals surface area (Å²) in [6, 6.07) is 8.58. The van der Waals surface area contributed by atoms with Crippen molar-refractivity contribution in [3.05, 3.63) is 29.8 Å². The van der Waals surface area contributed by atoms with Gasteiger partial charge in [0.15, 0.2) is 0 Å². The summed E-state index contributed by atoms with van der Waals surface area (Å²) in [5, 5.41) is 0. The monoisotopic (exact) mass is 289 g/mol. The summed E-state index contributed by atoms with van der Waals surface area (Å²) in [6.45, 7) is 9.15. The van der Waals surface area contributed by atoms with Gasteiger partial charge in [0.1, 0.15) is 5.75 Å². The molecule has 0 saturated carbocycles. The van der Waals surface area contributed by atoms with Crippen LogP contribution in [0, 0.1) is 5.92 Å². The largest absolute Gasteiger partial charge is 0.494 e. The van der Waals surface area contributed by atoms with E-state index in [0.29, 0.717) is 0 Å². The van der Waals surface area contributed by atoms with Crippen LogP contribution in [0.4, 0.5) is 0 Å². The Bertz CT molecular complexity index is 396. The van der Waals surface area contributed by atoms with Gasteiger partial charge in [0.05, 0.1) is 6.61 Å². The molecule has 1 fully saturated rings. The van der Waals surface area contributed by atoms with Crippen molar-refractivity contribution < 1.29 is 4.74 Å². The molecule has 0 aliphatic carbocycles. The second-order valence-corrected chi connectivity index (χ2v) is 6.27. The van der Waals surface area contributed by atoms with E-state index in [4.69, 9.17) is 4.74 Å². The predicted octanol–water partition coefficient (Wildman–Crippen LogP) is 4.53. The Hall–Kier alpha value is -1.02. The first-order valence-corrected chi connectivity index (χ1v) is 8.76. The average Bonchev–Trinajstić information content (AvgIpc) is 2.53. The van der Waals surface area contributed by atoms with Gasteiger partial charge in [-0.2, -0.15) is 0 Å². The summed E-state index contributed by atoms with van der Waals surface area (Å²) in [5.74, 6) is 1.96. The lowest BCUT2D eigenvalue weighted by Gasteiger charge is -2.30. The Labute approximate surface area is 130 Å². The molecule has 118 valence electrons. The fraction of sp³-hybridized carbons (Fsp3) is 0.684. The number of benzene rings is 1. The van der Waals surface area contributed by atoms with Crippen LogP contribution in [-0.4, -0.2) is 31.1 Å². The molecule has 0 N–H and O–H groups in total. The zero-order chi connectivity index (χ0) is 14.9. The molecule has 2 heteroatoms. The van der Waals surface area contributed by atoms with Crippen molar-refractivity contribution in [1.29, 1.82) is 0 Å². The fourth-order valence-corrected chi connectivity index (χ4v) is 3.23. The van der Waals surface area contributed by atoms with Crippen molar-refractivity contribution in [1.82, 2.24) is 4.90 Å². The molecule has 1 saturated heterocycles. The van der Waals surface area contributed by atoms with Gasteiger partial charge in [0.25, 0.3) is 0 Å². The summed E-state index contributed by atoms with van der Waals surface area (Å²) in [5.41, 5.74) is 1.39. The van der Waals surface area contributed by atoms with Gasteiger partial charge >= 0.3 is 0 Å². The van der Waals surface area contributed by atoms with Crippen LogP contribution in [0.5, 0.6) is 5.75 Å². The van der Waals surface area contributed by atoms with Gasteiger partial charge in [-0.05, 0) is 75.4 Å². The van der Waals surface area contributed by atoms with Crippen molar-refractivity contribution in [2.75, 3.05) is 26.2 Å². The maximum atomic E-state index is 5.92. The second-order valence-electron chi connectivity index (χ2n) is 6.27. The van der Waals surface area contributed by atoms with Crippen molar-refractivity contribution in [3.8, 4) is 5.75 Å². The summed E-state index contributed by atoms with van der Waals surface area (Å²) in [4.78, 5) is 2.56. The van der Waals surface area contributed by atoms with E-state index in [1.54, 1.807) is 0 Å². The topological polar surface area (TPSA) is 12.5 Å². The Kier molecular flexibility index (Phi) is 7.08. The normalized spacial score (nSPS) is 17.0. The number of nitrogens with zero attached hydrogens (tertiary/aromatic N) is 1. The highest BCUT2D eigenvalue weighted by Gasteiger charge is 2.17. The lowest BCUT2D eigenvalue weighted by Crippen LogP contribution is -2.33. The van der Waals surface area contributed by atoms with Crippen LogP contribution in [-0.2, 0) is 6.42 Å². The first-order chi connectivity index (χ1) is 10.3. The highest BCUT2D eigenvalue weighted by Crippen LogP contribution is 2.22. The number of rotatable bonds is 8. The number of likely N-dealkylation sites (tertiary alicyclic amines) is 1. The van der Waals surface area contributed by atoms with E-state index in [-0.39, 0.29) is 0 Å². The Morgan fingerprint density at radius 3 is 2.71 bits per heavy atom. The summed E-state index contributed by atoms with van der Waals surface area (Å²) in [7, 11) is 0. The van der Waals surface area contributed by atoms with Gasteiger partial charge < -0.3 is 9.64 Å². The van der Waals surface area contributed by atoms with Crippen molar-refractivity contribution >= 4 is 0 Å². The van der Waals surface area contributed by atoms with E-state index >= 15 is 0 Å². The molecule has 0 atom stereocenters. The third-order valence-corrected chi connectivity index (χ3v) is 4.62. The second kappa shape index (κ2) is 9.09.